The fourth-order valence-corrected chi connectivity index (χ4v) is 5.97. The van der Waals surface area contributed by atoms with Gasteiger partial charge in [0.2, 0.25) is 5.91 Å². The van der Waals surface area contributed by atoms with Crippen LogP contribution in [0.2, 0.25) is 0 Å². The van der Waals surface area contributed by atoms with Gasteiger partial charge >= 0.3 is 0 Å². The van der Waals surface area contributed by atoms with Crippen LogP contribution in [-0.4, -0.2) is 88.8 Å². The van der Waals surface area contributed by atoms with Crippen LogP contribution in [0.25, 0.3) is 0 Å². The van der Waals surface area contributed by atoms with Crippen molar-refractivity contribution in [1.29, 1.82) is 0 Å². The zero-order valence-corrected chi connectivity index (χ0v) is 27.5. The van der Waals surface area contributed by atoms with Gasteiger partial charge in [0.1, 0.15) is 29.4 Å². The van der Waals surface area contributed by atoms with Gasteiger partial charge in [-0.15, -0.1) is 0 Å². The smallest absolute Gasteiger partial charge is 0.261 e. The minimum absolute atomic E-state index is 0.0224. The molecule has 0 saturated carbocycles. The van der Waals surface area contributed by atoms with E-state index >= 15 is 0 Å². The van der Waals surface area contributed by atoms with Crippen molar-refractivity contribution in [2.24, 2.45) is 0 Å². The summed E-state index contributed by atoms with van der Waals surface area (Å²) in [6, 6.07) is 19.5. The minimum atomic E-state index is -0.216. The van der Waals surface area contributed by atoms with Gasteiger partial charge < -0.3 is 43.5 Å². The lowest BCUT2D eigenvalue weighted by Crippen LogP contribution is -2.37. The molecule has 0 spiro atoms. The van der Waals surface area contributed by atoms with Crippen molar-refractivity contribution in [2.75, 3.05) is 66.5 Å². The number of nitrogens with zero attached hydrogens (tertiary/aromatic N) is 2. The SMILES string of the molecule is COCCCC(=O)N1CCC(Nc2cccc3c2CN(C(=O)c2c(OCOC)cc(OCOC)cc2OCc2ccccc2)CC3)C1. The van der Waals surface area contributed by atoms with Gasteiger partial charge in [0.15, 0.2) is 13.6 Å². The Morgan fingerprint density at radius 3 is 2.38 bits per heavy atom. The fourth-order valence-electron chi connectivity index (χ4n) is 5.97. The number of ether oxygens (including phenoxy) is 6. The summed E-state index contributed by atoms with van der Waals surface area (Å²) in [5.74, 6) is 1.03. The van der Waals surface area contributed by atoms with Crippen LogP contribution in [0.5, 0.6) is 17.2 Å². The number of fused-ring (bicyclic) bond motifs is 1. The Morgan fingerprint density at radius 2 is 1.62 bits per heavy atom. The maximum absolute atomic E-state index is 14.4. The molecule has 1 fully saturated rings. The molecule has 0 aliphatic carbocycles. The molecule has 5 rings (SSSR count). The molecule has 252 valence electrons. The topological polar surface area (TPSA) is 108 Å². The van der Waals surface area contributed by atoms with Gasteiger partial charge in [-0.25, -0.2) is 0 Å². The number of anilines is 1. The normalized spacial score (nSPS) is 15.7. The quantitative estimate of drug-likeness (QED) is 0.172. The summed E-state index contributed by atoms with van der Waals surface area (Å²) < 4.78 is 33.3. The Balaban J connectivity index is 1.37. The highest BCUT2D eigenvalue weighted by Crippen LogP contribution is 2.38. The van der Waals surface area contributed by atoms with E-state index in [1.807, 2.05) is 46.2 Å². The first kappa shape index (κ1) is 34.0. The van der Waals surface area contributed by atoms with E-state index in [0.29, 0.717) is 61.9 Å². The second-order valence-corrected chi connectivity index (χ2v) is 11.7. The molecule has 47 heavy (non-hydrogen) atoms. The molecule has 3 aromatic carbocycles. The zero-order chi connectivity index (χ0) is 33.0. The van der Waals surface area contributed by atoms with Crippen molar-refractivity contribution in [3.05, 3.63) is 82.9 Å². The number of benzene rings is 3. The lowest BCUT2D eigenvalue weighted by atomic mass is 9.96. The second-order valence-electron chi connectivity index (χ2n) is 11.7. The van der Waals surface area contributed by atoms with Crippen molar-refractivity contribution in [3.63, 3.8) is 0 Å². The summed E-state index contributed by atoms with van der Waals surface area (Å²) in [6.45, 7) is 3.12. The average molecular weight is 648 g/mol. The van der Waals surface area contributed by atoms with Gasteiger partial charge in [-0.3, -0.25) is 9.59 Å². The molecule has 1 saturated heterocycles. The zero-order valence-electron chi connectivity index (χ0n) is 27.5. The Morgan fingerprint density at radius 1 is 0.851 bits per heavy atom. The van der Waals surface area contributed by atoms with Crippen molar-refractivity contribution in [2.45, 2.75) is 44.9 Å². The lowest BCUT2D eigenvalue weighted by Gasteiger charge is -2.32. The van der Waals surface area contributed by atoms with Gasteiger partial charge in [0, 0.05) is 84.4 Å². The van der Waals surface area contributed by atoms with E-state index < -0.39 is 0 Å². The van der Waals surface area contributed by atoms with Crippen LogP contribution >= 0.6 is 0 Å². The first-order valence-corrected chi connectivity index (χ1v) is 16.0. The monoisotopic (exact) mass is 647 g/mol. The summed E-state index contributed by atoms with van der Waals surface area (Å²) in [7, 11) is 4.71. The standard InChI is InChI=1S/C36H45N3O8/c1-42-18-8-13-34(40)38-17-15-28(21-38)37-31-12-7-11-27-14-16-39(22-30(27)31)36(41)35-32(45-23-26-9-5-4-6-10-26)19-29(46-24-43-2)20-33(35)47-25-44-3/h4-7,9-12,19-20,28,37H,8,13-18,21-25H2,1-3H3. The maximum Gasteiger partial charge on any atom is 0.261 e. The highest BCUT2D eigenvalue weighted by molar-refractivity contribution is 6.00. The highest BCUT2D eigenvalue weighted by Gasteiger charge is 2.31. The number of carbonyl (C=O) groups is 2. The number of likely N-dealkylation sites (tertiary alicyclic amines) is 1. The van der Waals surface area contributed by atoms with Crippen molar-refractivity contribution >= 4 is 17.5 Å². The Labute approximate surface area is 276 Å². The maximum atomic E-state index is 14.4. The van der Waals surface area contributed by atoms with Gasteiger partial charge in [0.25, 0.3) is 5.91 Å². The molecule has 1 N–H and O–H groups in total. The molecular weight excluding hydrogens is 602 g/mol. The van der Waals surface area contributed by atoms with E-state index in [4.69, 9.17) is 28.4 Å². The molecule has 0 aromatic heterocycles. The average Bonchev–Trinajstić information content (AvgIpc) is 3.57. The molecule has 2 aliphatic heterocycles. The summed E-state index contributed by atoms with van der Waals surface area (Å²) in [5, 5.41) is 3.69. The van der Waals surface area contributed by atoms with Crippen LogP contribution < -0.4 is 19.5 Å². The van der Waals surface area contributed by atoms with Crippen molar-refractivity contribution in [3.8, 4) is 17.2 Å². The Kier molecular flexibility index (Phi) is 12.3. The molecule has 1 atom stereocenters. The number of hydrogen-bond acceptors (Lipinski definition) is 9. The number of amides is 2. The lowest BCUT2D eigenvalue weighted by molar-refractivity contribution is -0.130. The molecule has 11 heteroatoms. The predicted octanol–water partition coefficient (Wildman–Crippen LogP) is 4.87. The van der Waals surface area contributed by atoms with Crippen molar-refractivity contribution in [1.82, 2.24) is 9.80 Å². The summed E-state index contributed by atoms with van der Waals surface area (Å²) >= 11 is 0. The van der Waals surface area contributed by atoms with Crippen LogP contribution in [0.15, 0.2) is 60.7 Å². The van der Waals surface area contributed by atoms with E-state index in [0.717, 1.165) is 36.2 Å². The van der Waals surface area contributed by atoms with Gasteiger partial charge in [0.05, 0.1) is 0 Å². The number of methoxy groups -OCH3 is 3. The second kappa shape index (κ2) is 17.0. The molecule has 11 nitrogen and oxygen atoms in total. The third-order valence-electron chi connectivity index (χ3n) is 8.37. The molecule has 2 amide bonds. The Hall–Kier alpha value is -4.32. The molecule has 2 aliphatic rings. The van der Waals surface area contributed by atoms with Crippen LogP contribution in [0, 0.1) is 0 Å². The van der Waals surface area contributed by atoms with Crippen LogP contribution in [0.1, 0.15) is 46.3 Å². The van der Waals surface area contributed by atoms with E-state index in [2.05, 4.69) is 17.4 Å². The number of hydrogen-bond donors (Lipinski definition) is 1. The molecule has 0 radical (unpaired) electrons. The largest absolute Gasteiger partial charge is 0.488 e. The summed E-state index contributed by atoms with van der Waals surface area (Å²) in [6.07, 6.45) is 2.78. The predicted molar refractivity (Wildman–Crippen MR) is 177 cm³/mol. The molecule has 3 aromatic rings. The van der Waals surface area contributed by atoms with E-state index in [-0.39, 0.29) is 38.0 Å². The van der Waals surface area contributed by atoms with Gasteiger partial charge in [-0.05, 0) is 42.0 Å². The molecule has 2 heterocycles. The van der Waals surface area contributed by atoms with Gasteiger partial charge in [-0.1, -0.05) is 42.5 Å². The first-order valence-electron chi connectivity index (χ1n) is 16.0. The third-order valence-corrected chi connectivity index (χ3v) is 8.37. The third kappa shape index (κ3) is 8.94. The van der Waals surface area contributed by atoms with E-state index in [1.165, 1.54) is 19.8 Å². The van der Waals surface area contributed by atoms with E-state index in [9.17, 15) is 9.59 Å². The first-order chi connectivity index (χ1) is 23.0. The number of nitrogens with one attached hydrogen (secondary N) is 1. The number of carbonyl (C=O) groups excluding carboxylic acids is 2. The summed E-state index contributed by atoms with van der Waals surface area (Å²) in [4.78, 5) is 30.9. The fraction of sp³-hybridized carbons (Fsp3) is 0.444. The molecular formula is C36H45N3O8. The molecule has 1 unspecified atom stereocenters. The highest BCUT2D eigenvalue weighted by atomic mass is 16.7. The minimum Gasteiger partial charge on any atom is -0.488 e. The van der Waals surface area contributed by atoms with E-state index in [1.54, 1.807) is 19.2 Å². The Bertz CT molecular complexity index is 1480. The van der Waals surface area contributed by atoms with Gasteiger partial charge in [-0.2, -0.15) is 0 Å². The van der Waals surface area contributed by atoms with Crippen LogP contribution in [0.4, 0.5) is 5.69 Å². The van der Waals surface area contributed by atoms with Crippen LogP contribution in [-0.2, 0) is 38.6 Å². The number of rotatable bonds is 16. The summed E-state index contributed by atoms with van der Waals surface area (Å²) in [5.41, 5.74) is 4.51. The van der Waals surface area contributed by atoms with Crippen LogP contribution in [0.3, 0.4) is 0 Å². The molecule has 0 bridgehead atoms. The van der Waals surface area contributed by atoms with Crippen molar-refractivity contribution < 1.29 is 38.0 Å².